The summed E-state index contributed by atoms with van der Waals surface area (Å²) in [6, 6.07) is 8.62. The van der Waals surface area contributed by atoms with Gasteiger partial charge in [-0.25, -0.2) is 0 Å². The fourth-order valence-electron chi connectivity index (χ4n) is 4.44. The molecule has 0 radical (unpaired) electrons. The molecule has 38 heavy (non-hydrogen) atoms. The summed E-state index contributed by atoms with van der Waals surface area (Å²) >= 11 is 0. The Labute approximate surface area is 224 Å². The number of hydrogen-bond acceptors (Lipinski definition) is 5. The van der Waals surface area contributed by atoms with E-state index < -0.39 is 11.7 Å². The lowest BCUT2D eigenvalue weighted by Crippen LogP contribution is -2.49. The van der Waals surface area contributed by atoms with E-state index in [2.05, 4.69) is 30.1 Å². The number of piperazine rings is 1. The third-order valence-corrected chi connectivity index (χ3v) is 6.93. The van der Waals surface area contributed by atoms with Crippen molar-refractivity contribution in [2.45, 2.75) is 46.4 Å². The highest BCUT2D eigenvalue weighted by atomic mass is 19.4. The number of amides is 1. The zero-order valence-corrected chi connectivity index (χ0v) is 22.9. The zero-order chi connectivity index (χ0) is 27.7. The van der Waals surface area contributed by atoms with Crippen LogP contribution in [0.2, 0.25) is 0 Å². The van der Waals surface area contributed by atoms with Crippen molar-refractivity contribution in [3.05, 3.63) is 64.2 Å². The maximum Gasteiger partial charge on any atom is 0.416 e. The quantitative estimate of drug-likeness (QED) is 0.399. The van der Waals surface area contributed by atoms with Gasteiger partial charge in [-0.3, -0.25) is 9.69 Å². The molecule has 0 bridgehead atoms. The molecule has 3 rings (SSSR count). The summed E-state index contributed by atoms with van der Waals surface area (Å²) in [6.45, 7) is 14.6. The van der Waals surface area contributed by atoms with Crippen LogP contribution in [0.5, 0.6) is 5.75 Å². The summed E-state index contributed by atoms with van der Waals surface area (Å²) in [7, 11) is 0. The minimum absolute atomic E-state index is 0.223. The normalized spacial score (nSPS) is 14.8. The van der Waals surface area contributed by atoms with Crippen LogP contribution in [0.25, 0.3) is 0 Å². The van der Waals surface area contributed by atoms with E-state index in [1.54, 1.807) is 4.90 Å². The number of carbonyl (C=O) groups excluding carboxylic acids is 1. The molecule has 0 saturated carbocycles. The molecule has 0 unspecified atom stereocenters. The van der Waals surface area contributed by atoms with Crippen LogP contribution in [0.4, 0.5) is 13.2 Å². The largest absolute Gasteiger partial charge is 0.492 e. The highest BCUT2D eigenvalue weighted by Crippen LogP contribution is 2.29. The van der Waals surface area contributed by atoms with Gasteiger partial charge in [0.1, 0.15) is 12.4 Å². The molecule has 210 valence electrons. The van der Waals surface area contributed by atoms with Gasteiger partial charge in [-0.15, -0.1) is 0 Å². The molecule has 1 heterocycles. The molecule has 0 aromatic heterocycles. The summed E-state index contributed by atoms with van der Waals surface area (Å²) in [5.41, 5.74) is 3.21. The van der Waals surface area contributed by atoms with Crippen molar-refractivity contribution in [3.63, 3.8) is 0 Å². The van der Waals surface area contributed by atoms with E-state index in [1.165, 1.54) is 23.3 Å². The first-order valence-corrected chi connectivity index (χ1v) is 13.3. The third-order valence-electron chi connectivity index (χ3n) is 6.93. The van der Waals surface area contributed by atoms with Crippen LogP contribution >= 0.6 is 0 Å². The maximum absolute atomic E-state index is 12.8. The molecule has 2 aromatic rings. The monoisotopic (exact) mass is 535 g/mol. The van der Waals surface area contributed by atoms with E-state index in [4.69, 9.17) is 9.47 Å². The number of carbonyl (C=O) groups is 1. The van der Waals surface area contributed by atoms with Crippen molar-refractivity contribution in [3.8, 4) is 5.75 Å². The Balaban J connectivity index is 1.41. The lowest BCUT2D eigenvalue weighted by Gasteiger charge is -2.35. The fraction of sp³-hybridized carbons (Fsp3) is 0.552. The topological polar surface area (TPSA) is 54.0 Å². The van der Waals surface area contributed by atoms with Gasteiger partial charge in [-0.2, -0.15) is 13.2 Å². The summed E-state index contributed by atoms with van der Waals surface area (Å²) in [5.74, 6) is 0.682. The highest BCUT2D eigenvalue weighted by Gasteiger charge is 2.30. The van der Waals surface area contributed by atoms with Crippen LogP contribution in [0.1, 0.15) is 46.5 Å². The molecule has 0 aliphatic carbocycles. The number of halogens is 3. The Morgan fingerprint density at radius 1 is 0.947 bits per heavy atom. The van der Waals surface area contributed by atoms with Crippen molar-refractivity contribution in [1.82, 2.24) is 15.1 Å². The minimum atomic E-state index is -4.41. The van der Waals surface area contributed by atoms with Gasteiger partial charge in [0.2, 0.25) is 0 Å². The molecule has 1 saturated heterocycles. The molecule has 0 spiro atoms. The number of nitrogens with zero attached hydrogens (tertiary/aromatic N) is 2. The number of rotatable bonds is 12. The Morgan fingerprint density at radius 2 is 1.61 bits per heavy atom. The van der Waals surface area contributed by atoms with Gasteiger partial charge in [-0.1, -0.05) is 6.07 Å². The number of ether oxygens (including phenoxy) is 2. The lowest BCUT2D eigenvalue weighted by molar-refractivity contribution is -0.137. The van der Waals surface area contributed by atoms with Crippen molar-refractivity contribution in [1.29, 1.82) is 0 Å². The Bertz CT molecular complexity index is 1030. The third kappa shape index (κ3) is 8.71. The van der Waals surface area contributed by atoms with Gasteiger partial charge in [-0.05, 0) is 81.1 Å². The van der Waals surface area contributed by atoms with E-state index in [0.29, 0.717) is 26.3 Å². The van der Waals surface area contributed by atoms with Crippen molar-refractivity contribution >= 4 is 5.91 Å². The van der Waals surface area contributed by atoms with Crippen LogP contribution in [0.3, 0.4) is 0 Å². The van der Waals surface area contributed by atoms with Gasteiger partial charge < -0.3 is 19.7 Å². The Kier molecular flexibility index (Phi) is 11.0. The molecule has 2 aromatic carbocycles. The summed E-state index contributed by atoms with van der Waals surface area (Å²) in [5, 5.41) is 3.32. The fourth-order valence-corrected chi connectivity index (χ4v) is 4.44. The molecule has 1 fully saturated rings. The molecule has 9 heteroatoms. The molecule has 0 atom stereocenters. The standard InChI is InChI=1S/C29H40F3N3O3/c1-21(2)37-19-12-33-13-20-38-27-10-7-24(22(3)23(27)4)11-14-34-15-17-35(18-16-34)28(36)25-5-8-26(9-6-25)29(30,31)32/h5-10,21,33H,11-20H2,1-4H3. The van der Waals surface area contributed by atoms with Crippen molar-refractivity contribution in [2.24, 2.45) is 0 Å². The molecule has 6 nitrogen and oxygen atoms in total. The summed E-state index contributed by atoms with van der Waals surface area (Å²) in [6.07, 6.45) is -3.26. The first kappa shape index (κ1) is 29.9. The van der Waals surface area contributed by atoms with E-state index >= 15 is 0 Å². The molecule has 1 aliphatic rings. The lowest BCUT2D eigenvalue weighted by atomic mass is 9.99. The van der Waals surface area contributed by atoms with Crippen LogP contribution < -0.4 is 10.1 Å². The smallest absolute Gasteiger partial charge is 0.416 e. The average Bonchev–Trinajstić information content (AvgIpc) is 2.89. The van der Waals surface area contributed by atoms with Gasteiger partial charge in [0.25, 0.3) is 5.91 Å². The van der Waals surface area contributed by atoms with Gasteiger partial charge in [0, 0.05) is 51.4 Å². The van der Waals surface area contributed by atoms with Crippen molar-refractivity contribution in [2.75, 3.05) is 59.0 Å². The minimum Gasteiger partial charge on any atom is -0.492 e. The summed E-state index contributed by atoms with van der Waals surface area (Å²) in [4.78, 5) is 16.8. The second kappa shape index (κ2) is 14.0. The molecular weight excluding hydrogens is 495 g/mol. The molecular formula is C29H40F3N3O3. The Morgan fingerprint density at radius 3 is 2.24 bits per heavy atom. The number of hydrogen-bond donors (Lipinski definition) is 1. The highest BCUT2D eigenvalue weighted by molar-refractivity contribution is 5.94. The van der Waals surface area contributed by atoms with E-state index in [-0.39, 0.29) is 17.6 Å². The second-order valence-electron chi connectivity index (χ2n) is 9.95. The van der Waals surface area contributed by atoms with Gasteiger partial charge in [0.05, 0.1) is 18.3 Å². The maximum atomic E-state index is 12.8. The first-order valence-electron chi connectivity index (χ1n) is 13.3. The van der Waals surface area contributed by atoms with Crippen molar-refractivity contribution < 1.29 is 27.4 Å². The number of nitrogens with one attached hydrogen (secondary N) is 1. The van der Waals surface area contributed by atoms with E-state index in [9.17, 15) is 18.0 Å². The SMILES string of the molecule is Cc1c(CCN2CCN(C(=O)c3ccc(C(F)(F)F)cc3)CC2)ccc(OCCNCCOC(C)C)c1C. The van der Waals surface area contributed by atoms with Gasteiger partial charge in [0.15, 0.2) is 0 Å². The van der Waals surface area contributed by atoms with E-state index in [1.807, 2.05) is 19.9 Å². The van der Waals surface area contributed by atoms with E-state index in [0.717, 1.165) is 62.6 Å². The predicted molar refractivity (Wildman–Crippen MR) is 143 cm³/mol. The van der Waals surface area contributed by atoms with Gasteiger partial charge >= 0.3 is 6.18 Å². The number of alkyl halides is 3. The number of benzene rings is 2. The van der Waals surface area contributed by atoms with Crippen LogP contribution in [-0.4, -0.2) is 80.8 Å². The van der Waals surface area contributed by atoms with Crippen LogP contribution in [-0.2, 0) is 17.3 Å². The molecule has 1 aliphatic heterocycles. The first-order chi connectivity index (χ1) is 18.1. The zero-order valence-electron chi connectivity index (χ0n) is 22.9. The Hall–Kier alpha value is -2.62. The molecule has 1 N–H and O–H groups in total. The van der Waals surface area contributed by atoms with Crippen LogP contribution in [0, 0.1) is 13.8 Å². The summed E-state index contributed by atoms with van der Waals surface area (Å²) < 4.78 is 49.8. The predicted octanol–water partition coefficient (Wildman–Crippen LogP) is 4.72. The molecule has 1 amide bonds. The average molecular weight is 536 g/mol. The van der Waals surface area contributed by atoms with Crippen LogP contribution in [0.15, 0.2) is 36.4 Å². The second-order valence-corrected chi connectivity index (χ2v) is 9.95.